The minimum atomic E-state index is -4.72. The first-order valence-corrected chi connectivity index (χ1v) is 12.9. The number of rotatable bonds is 5. The number of hydrogen-bond donors (Lipinski definition) is 3. The molecular formula is C22H36N4O7S. The van der Waals surface area contributed by atoms with E-state index in [-0.39, 0.29) is 31.7 Å². The van der Waals surface area contributed by atoms with Gasteiger partial charge in [0.1, 0.15) is 11.6 Å². The Morgan fingerprint density at radius 3 is 2.62 bits per heavy atom. The SMILES string of the molecule is CC(C)CC(NC(=O)OC(C)(C)C)C(=O)N(C1CCCNC[C@@H]1O)S(=O)(=O)C1=NC=CCC1=O. The van der Waals surface area contributed by atoms with Gasteiger partial charge >= 0.3 is 6.09 Å². The van der Waals surface area contributed by atoms with Gasteiger partial charge in [-0.15, -0.1) is 0 Å². The summed E-state index contributed by atoms with van der Waals surface area (Å²) in [4.78, 5) is 42.4. The van der Waals surface area contributed by atoms with E-state index in [0.717, 1.165) is 0 Å². The number of amides is 2. The number of nitrogens with zero attached hydrogens (tertiary/aromatic N) is 2. The number of aliphatic hydroxyl groups excluding tert-OH is 1. The van der Waals surface area contributed by atoms with Crippen LogP contribution in [0.4, 0.5) is 4.79 Å². The summed E-state index contributed by atoms with van der Waals surface area (Å²) in [7, 11) is -4.72. The van der Waals surface area contributed by atoms with Gasteiger partial charge in [0.15, 0.2) is 5.78 Å². The molecule has 1 saturated heterocycles. The Balaban J connectivity index is 2.52. The molecule has 0 aromatic carbocycles. The van der Waals surface area contributed by atoms with Gasteiger partial charge in [-0.05, 0) is 52.5 Å². The molecule has 0 saturated carbocycles. The lowest BCUT2D eigenvalue weighted by Crippen LogP contribution is -2.59. The van der Waals surface area contributed by atoms with Gasteiger partial charge in [0.05, 0.1) is 12.1 Å². The van der Waals surface area contributed by atoms with Crippen LogP contribution in [0.15, 0.2) is 17.3 Å². The summed E-state index contributed by atoms with van der Waals surface area (Å²) in [5.74, 6) is -1.79. The molecule has 192 valence electrons. The third-order valence-corrected chi connectivity index (χ3v) is 7.00. The van der Waals surface area contributed by atoms with Crippen molar-refractivity contribution in [3.05, 3.63) is 12.3 Å². The average molecular weight is 501 g/mol. The molecule has 2 heterocycles. The first kappa shape index (κ1) is 27.9. The first-order valence-electron chi connectivity index (χ1n) is 11.5. The summed E-state index contributed by atoms with van der Waals surface area (Å²) < 4.78 is 33.1. The Labute approximate surface area is 201 Å². The molecule has 3 atom stereocenters. The highest BCUT2D eigenvalue weighted by Crippen LogP contribution is 2.24. The lowest BCUT2D eigenvalue weighted by Gasteiger charge is -2.36. The van der Waals surface area contributed by atoms with Gasteiger partial charge in [0.25, 0.3) is 15.9 Å². The third-order valence-electron chi connectivity index (χ3n) is 5.21. The third kappa shape index (κ3) is 7.34. The number of alkyl carbamates (subject to hydrolysis) is 1. The van der Waals surface area contributed by atoms with E-state index in [9.17, 15) is 27.9 Å². The van der Waals surface area contributed by atoms with Crippen LogP contribution in [0.5, 0.6) is 0 Å². The van der Waals surface area contributed by atoms with E-state index in [1.807, 2.05) is 13.8 Å². The lowest BCUT2D eigenvalue weighted by molar-refractivity contribution is -0.132. The maximum Gasteiger partial charge on any atom is 0.408 e. The van der Waals surface area contributed by atoms with Crippen molar-refractivity contribution in [3.63, 3.8) is 0 Å². The number of sulfonamides is 1. The number of allylic oxidation sites excluding steroid dienone is 1. The van der Waals surface area contributed by atoms with Crippen molar-refractivity contribution in [1.29, 1.82) is 0 Å². The second-order valence-electron chi connectivity index (χ2n) is 9.89. The smallest absolute Gasteiger partial charge is 0.408 e. The molecule has 0 aliphatic carbocycles. The second-order valence-corrected chi connectivity index (χ2v) is 11.6. The lowest BCUT2D eigenvalue weighted by atomic mass is 10.0. The van der Waals surface area contributed by atoms with Gasteiger partial charge in [-0.3, -0.25) is 9.59 Å². The summed E-state index contributed by atoms with van der Waals surface area (Å²) in [6.45, 7) is 9.23. The topological polar surface area (TPSA) is 154 Å². The molecular weight excluding hydrogens is 464 g/mol. The van der Waals surface area contributed by atoms with Crippen LogP contribution in [0.1, 0.15) is 60.3 Å². The van der Waals surface area contributed by atoms with Gasteiger partial charge in [-0.1, -0.05) is 19.9 Å². The highest BCUT2D eigenvalue weighted by molar-refractivity contribution is 8.06. The van der Waals surface area contributed by atoms with Crippen molar-refractivity contribution in [2.75, 3.05) is 13.1 Å². The Morgan fingerprint density at radius 1 is 1.35 bits per heavy atom. The van der Waals surface area contributed by atoms with E-state index in [0.29, 0.717) is 17.3 Å². The monoisotopic (exact) mass is 500 g/mol. The molecule has 0 bridgehead atoms. The largest absolute Gasteiger partial charge is 0.444 e. The molecule has 0 radical (unpaired) electrons. The second kappa shape index (κ2) is 11.4. The van der Waals surface area contributed by atoms with E-state index in [2.05, 4.69) is 15.6 Å². The summed E-state index contributed by atoms with van der Waals surface area (Å²) in [5, 5.41) is 15.5. The summed E-state index contributed by atoms with van der Waals surface area (Å²) in [5.41, 5.74) is -0.833. The van der Waals surface area contributed by atoms with E-state index in [4.69, 9.17) is 4.74 Å². The molecule has 0 aromatic rings. The maximum atomic E-state index is 13.8. The molecule has 0 spiro atoms. The molecule has 2 unspecified atom stereocenters. The van der Waals surface area contributed by atoms with E-state index in [1.54, 1.807) is 20.8 Å². The van der Waals surface area contributed by atoms with Gasteiger partial charge in [0.2, 0.25) is 5.04 Å². The van der Waals surface area contributed by atoms with Crippen LogP contribution in [0, 0.1) is 5.92 Å². The maximum absolute atomic E-state index is 13.8. The number of aliphatic hydroxyl groups is 1. The van der Waals surface area contributed by atoms with Crippen molar-refractivity contribution in [2.24, 2.45) is 10.9 Å². The van der Waals surface area contributed by atoms with Gasteiger partial charge in [-0.2, -0.15) is 8.42 Å². The van der Waals surface area contributed by atoms with Crippen LogP contribution in [0.25, 0.3) is 0 Å². The zero-order valence-corrected chi connectivity index (χ0v) is 21.2. The fraction of sp³-hybridized carbons (Fsp3) is 0.727. The molecule has 11 nitrogen and oxygen atoms in total. The highest BCUT2D eigenvalue weighted by atomic mass is 32.2. The molecule has 2 aliphatic heterocycles. The van der Waals surface area contributed by atoms with E-state index >= 15 is 0 Å². The Kier molecular flexibility index (Phi) is 9.37. The average Bonchev–Trinajstić information content (AvgIpc) is 2.90. The van der Waals surface area contributed by atoms with Crippen LogP contribution in [-0.2, 0) is 24.3 Å². The van der Waals surface area contributed by atoms with E-state index in [1.165, 1.54) is 12.3 Å². The number of aliphatic imine (C=N–C) groups is 1. The normalized spacial score (nSPS) is 22.6. The molecule has 12 heteroatoms. The molecule has 1 fully saturated rings. The Bertz CT molecular complexity index is 937. The van der Waals surface area contributed by atoms with Gasteiger partial charge in [0, 0.05) is 19.2 Å². The van der Waals surface area contributed by atoms with Gasteiger partial charge in [-0.25, -0.2) is 14.1 Å². The van der Waals surface area contributed by atoms with Crippen molar-refractivity contribution >= 4 is 32.9 Å². The quantitative estimate of drug-likeness (QED) is 0.507. The number of hydrogen-bond acceptors (Lipinski definition) is 9. The highest BCUT2D eigenvalue weighted by Gasteiger charge is 2.46. The molecule has 0 aromatic heterocycles. The van der Waals surface area contributed by atoms with Crippen molar-refractivity contribution < 1.29 is 32.6 Å². The molecule has 34 heavy (non-hydrogen) atoms. The number of carbonyl (C=O) groups is 3. The fourth-order valence-electron chi connectivity index (χ4n) is 3.79. The van der Waals surface area contributed by atoms with Crippen LogP contribution < -0.4 is 10.6 Å². The minimum absolute atomic E-state index is 0.0681. The van der Waals surface area contributed by atoms with E-state index < -0.39 is 56.6 Å². The van der Waals surface area contributed by atoms with Crippen molar-refractivity contribution in [2.45, 2.75) is 84.1 Å². The predicted molar refractivity (Wildman–Crippen MR) is 126 cm³/mol. The fourth-order valence-corrected chi connectivity index (χ4v) is 5.51. The molecule has 3 N–H and O–H groups in total. The Morgan fingerprint density at radius 2 is 2.03 bits per heavy atom. The van der Waals surface area contributed by atoms with Crippen LogP contribution in [-0.4, -0.2) is 77.5 Å². The summed E-state index contributed by atoms with van der Waals surface area (Å²) in [6, 6.07) is -2.40. The van der Waals surface area contributed by atoms with Crippen LogP contribution in [0.3, 0.4) is 0 Å². The van der Waals surface area contributed by atoms with Crippen molar-refractivity contribution in [3.8, 4) is 0 Å². The summed E-state index contributed by atoms with van der Waals surface area (Å²) >= 11 is 0. The summed E-state index contributed by atoms with van der Waals surface area (Å²) in [6.07, 6.45) is 1.16. The predicted octanol–water partition coefficient (Wildman–Crippen LogP) is 1.08. The zero-order valence-electron chi connectivity index (χ0n) is 20.4. The Hall–Kier alpha value is -2.31. The first-order chi connectivity index (χ1) is 15.7. The number of ether oxygens (including phenoxy) is 1. The number of carbonyl (C=O) groups excluding carboxylic acids is 3. The molecule has 2 amide bonds. The standard InChI is InChI=1S/C22H36N4O7S/c1-14(2)12-15(25-21(30)33-22(3,4)5)20(29)26(16-8-6-10-23-13-18(16)28)34(31,32)19-17(27)9-7-11-24-19/h7,11,14-16,18,23,28H,6,8-10,12-13H2,1-5H3,(H,25,30)/t15?,16?,18-/m0/s1. The minimum Gasteiger partial charge on any atom is -0.444 e. The zero-order chi connectivity index (χ0) is 25.7. The van der Waals surface area contributed by atoms with Crippen LogP contribution in [0.2, 0.25) is 0 Å². The number of β-amino-alcohol motifs (C(OH)–C–C–N with tert-alkyl or cyclic N) is 1. The van der Waals surface area contributed by atoms with Crippen molar-refractivity contribution in [1.82, 2.24) is 14.9 Å². The number of Topliss-reactive ketones (excluding diaryl/α,β-unsaturated/α-hetero) is 1. The molecule has 2 rings (SSSR count). The molecule has 2 aliphatic rings. The number of nitrogens with one attached hydrogen (secondary N) is 2. The number of ketones is 1. The van der Waals surface area contributed by atoms with Crippen LogP contribution >= 0.6 is 0 Å². The van der Waals surface area contributed by atoms with Gasteiger partial charge < -0.3 is 20.5 Å².